The van der Waals surface area contributed by atoms with Crippen molar-refractivity contribution < 1.29 is 22.7 Å². The zero-order chi connectivity index (χ0) is 23.7. The molecule has 1 aromatic carbocycles. The van der Waals surface area contributed by atoms with E-state index in [0.717, 1.165) is 19.2 Å². The Morgan fingerprint density at radius 3 is 2.68 bits per heavy atom. The lowest BCUT2D eigenvalue weighted by Crippen LogP contribution is -2.49. The second-order valence-electron chi connectivity index (χ2n) is 8.06. The van der Waals surface area contributed by atoms with Crippen LogP contribution in [0.5, 0.6) is 0 Å². The van der Waals surface area contributed by atoms with Gasteiger partial charge in [0.1, 0.15) is 5.69 Å². The zero-order valence-corrected chi connectivity index (χ0v) is 18.0. The van der Waals surface area contributed by atoms with Crippen LogP contribution in [0.1, 0.15) is 33.5 Å². The fourth-order valence-corrected chi connectivity index (χ4v) is 4.17. The number of nitrogens with one attached hydrogen (secondary N) is 3. The van der Waals surface area contributed by atoms with Gasteiger partial charge in [0.2, 0.25) is 0 Å². The van der Waals surface area contributed by atoms with Crippen molar-refractivity contribution in [1.82, 2.24) is 25.2 Å². The lowest BCUT2D eigenvalue weighted by molar-refractivity contribution is -0.138. The van der Waals surface area contributed by atoms with Crippen molar-refractivity contribution in [2.75, 3.05) is 31.7 Å². The smallest absolute Gasteiger partial charge is 0.379 e. The van der Waals surface area contributed by atoms with Crippen molar-refractivity contribution in [1.29, 1.82) is 0 Å². The molecule has 3 aliphatic rings. The highest BCUT2D eigenvalue weighted by Gasteiger charge is 2.35. The van der Waals surface area contributed by atoms with Crippen LogP contribution in [0.25, 0.3) is 6.08 Å². The summed E-state index contributed by atoms with van der Waals surface area (Å²) in [6.45, 7) is 3.00. The number of benzene rings is 1. The number of imidazole rings is 1. The Labute approximate surface area is 193 Å². The van der Waals surface area contributed by atoms with E-state index in [2.05, 4.69) is 25.9 Å². The molecule has 2 unspecified atom stereocenters. The lowest BCUT2D eigenvalue weighted by atomic mass is 9.99. The normalized spacial score (nSPS) is 22.4. The number of morpholine rings is 1. The summed E-state index contributed by atoms with van der Waals surface area (Å²) in [5, 5.41) is 6.06. The van der Waals surface area contributed by atoms with Crippen LogP contribution >= 0.6 is 0 Å². The van der Waals surface area contributed by atoms with Gasteiger partial charge in [-0.05, 0) is 29.9 Å². The standard InChI is InChI=1S/C23H23F3N6O2/c24-23(25,26)17-4-2-1-3-16(17)18-6-8-21-28-14-19(32(21)30-18)22(33)29-15-5-7-20(27-13-15)31-9-11-34-12-10-31/h1-8,13-14,18,20,27,30H,9-12H2,(H,29,33). The summed E-state index contributed by atoms with van der Waals surface area (Å²) in [5.74, 6) is -0.0171. The first kappa shape index (κ1) is 22.2. The Bertz CT molecular complexity index is 1160. The molecule has 1 amide bonds. The third kappa shape index (κ3) is 4.44. The van der Waals surface area contributed by atoms with Crippen molar-refractivity contribution in [2.45, 2.75) is 18.4 Å². The largest absolute Gasteiger partial charge is 0.416 e. The van der Waals surface area contributed by atoms with Crippen LogP contribution < -0.4 is 16.1 Å². The Morgan fingerprint density at radius 1 is 1.15 bits per heavy atom. The van der Waals surface area contributed by atoms with E-state index in [-0.39, 0.29) is 17.4 Å². The molecule has 1 aromatic heterocycles. The highest BCUT2D eigenvalue weighted by atomic mass is 19.4. The van der Waals surface area contributed by atoms with E-state index in [1.54, 1.807) is 24.4 Å². The quantitative estimate of drug-likeness (QED) is 0.635. The molecule has 3 N–H and O–H groups in total. The van der Waals surface area contributed by atoms with E-state index in [1.807, 2.05) is 12.2 Å². The molecule has 0 aliphatic carbocycles. The second kappa shape index (κ2) is 8.99. The number of nitrogens with zero attached hydrogens (tertiary/aromatic N) is 3. The average Bonchev–Trinajstić information content (AvgIpc) is 3.28. The Morgan fingerprint density at radius 2 is 1.94 bits per heavy atom. The third-order valence-electron chi connectivity index (χ3n) is 5.89. The number of amides is 1. The van der Waals surface area contributed by atoms with E-state index in [1.165, 1.54) is 23.0 Å². The maximum Gasteiger partial charge on any atom is 0.416 e. The van der Waals surface area contributed by atoms with Gasteiger partial charge in [0.25, 0.3) is 5.91 Å². The zero-order valence-electron chi connectivity index (χ0n) is 18.0. The summed E-state index contributed by atoms with van der Waals surface area (Å²) in [6, 6.07) is 4.58. The molecule has 0 spiro atoms. The van der Waals surface area contributed by atoms with Crippen molar-refractivity contribution in [2.24, 2.45) is 0 Å². The second-order valence-corrected chi connectivity index (χ2v) is 8.06. The average molecular weight is 472 g/mol. The minimum atomic E-state index is -4.49. The summed E-state index contributed by atoms with van der Waals surface area (Å²) in [5.41, 5.74) is 3.05. The molecule has 11 heteroatoms. The minimum Gasteiger partial charge on any atom is -0.379 e. The summed E-state index contributed by atoms with van der Waals surface area (Å²) in [6.07, 6.45) is 5.60. The van der Waals surface area contributed by atoms with Gasteiger partial charge in [-0.3, -0.25) is 9.69 Å². The Balaban J connectivity index is 1.29. The van der Waals surface area contributed by atoms with Crippen LogP contribution in [0.3, 0.4) is 0 Å². The number of hydrogen-bond acceptors (Lipinski definition) is 6. The SMILES string of the molecule is O=C(NC1=CNC(N2CCOCC2)C=C1)c1cnc2n1NC(c1ccccc1C(F)(F)F)C=C2. The number of hydrogen-bond donors (Lipinski definition) is 3. The van der Waals surface area contributed by atoms with E-state index in [4.69, 9.17) is 4.74 Å². The molecule has 1 fully saturated rings. The molecule has 178 valence electrons. The molecule has 5 rings (SSSR count). The highest BCUT2D eigenvalue weighted by Crippen LogP contribution is 2.36. The van der Waals surface area contributed by atoms with Gasteiger partial charge in [-0.1, -0.05) is 24.3 Å². The summed E-state index contributed by atoms with van der Waals surface area (Å²) in [7, 11) is 0. The van der Waals surface area contributed by atoms with E-state index in [0.29, 0.717) is 24.7 Å². The first-order valence-corrected chi connectivity index (χ1v) is 10.9. The van der Waals surface area contributed by atoms with E-state index in [9.17, 15) is 18.0 Å². The fourth-order valence-electron chi connectivity index (χ4n) is 4.17. The maximum atomic E-state index is 13.5. The molecule has 3 aliphatic heterocycles. The molecular weight excluding hydrogens is 449 g/mol. The predicted octanol–water partition coefficient (Wildman–Crippen LogP) is 2.60. The van der Waals surface area contributed by atoms with Crippen LogP contribution in [0, 0.1) is 0 Å². The van der Waals surface area contributed by atoms with E-state index < -0.39 is 23.7 Å². The lowest BCUT2D eigenvalue weighted by Gasteiger charge is -2.34. The number of carbonyl (C=O) groups excluding carboxylic acids is 1. The molecule has 8 nitrogen and oxygen atoms in total. The van der Waals surface area contributed by atoms with Gasteiger partial charge in [0, 0.05) is 19.3 Å². The van der Waals surface area contributed by atoms with Crippen LogP contribution in [0.4, 0.5) is 13.2 Å². The number of allylic oxidation sites excluding steroid dienone is 1. The predicted molar refractivity (Wildman–Crippen MR) is 119 cm³/mol. The van der Waals surface area contributed by atoms with Gasteiger partial charge < -0.3 is 20.8 Å². The number of carbonyl (C=O) groups is 1. The molecule has 34 heavy (non-hydrogen) atoms. The van der Waals surface area contributed by atoms with Gasteiger partial charge in [0.15, 0.2) is 5.82 Å². The number of halogens is 3. The Kier molecular flexibility index (Phi) is 5.88. The van der Waals surface area contributed by atoms with Crippen LogP contribution in [-0.2, 0) is 10.9 Å². The summed E-state index contributed by atoms with van der Waals surface area (Å²) >= 11 is 0. The van der Waals surface area contributed by atoms with Crippen LogP contribution in [0.15, 0.2) is 60.6 Å². The maximum absolute atomic E-state index is 13.5. The molecular formula is C23H23F3N6O2. The molecule has 0 radical (unpaired) electrons. The van der Waals surface area contributed by atoms with Crippen molar-refractivity contribution >= 4 is 12.0 Å². The monoisotopic (exact) mass is 472 g/mol. The van der Waals surface area contributed by atoms with Crippen molar-refractivity contribution in [3.8, 4) is 0 Å². The first-order valence-electron chi connectivity index (χ1n) is 10.9. The number of aromatic nitrogens is 2. The summed E-state index contributed by atoms with van der Waals surface area (Å²) in [4.78, 5) is 19.4. The molecule has 4 heterocycles. The van der Waals surface area contributed by atoms with Crippen LogP contribution in [0.2, 0.25) is 0 Å². The highest BCUT2D eigenvalue weighted by molar-refractivity contribution is 5.94. The van der Waals surface area contributed by atoms with Gasteiger partial charge in [-0.25, -0.2) is 9.66 Å². The number of dihydropyridines is 1. The number of rotatable bonds is 4. The number of fused-ring (bicyclic) bond motifs is 1. The molecule has 2 aromatic rings. The molecule has 1 saturated heterocycles. The molecule has 0 bridgehead atoms. The van der Waals surface area contributed by atoms with Gasteiger partial charge in [-0.15, -0.1) is 0 Å². The fraction of sp³-hybridized carbons (Fsp3) is 0.304. The Hall–Kier alpha value is -3.57. The van der Waals surface area contributed by atoms with Gasteiger partial charge in [0.05, 0.1) is 42.9 Å². The summed E-state index contributed by atoms with van der Waals surface area (Å²) < 4.78 is 47.2. The van der Waals surface area contributed by atoms with Gasteiger partial charge >= 0.3 is 6.18 Å². The van der Waals surface area contributed by atoms with Gasteiger partial charge in [-0.2, -0.15) is 13.2 Å². The number of alkyl halides is 3. The first-order chi connectivity index (χ1) is 16.4. The van der Waals surface area contributed by atoms with Crippen LogP contribution in [-0.4, -0.2) is 52.9 Å². The van der Waals surface area contributed by atoms with Crippen molar-refractivity contribution in [3.63, 3.8) is 0 Å². The van der Waals surface area contributed by atoms with Crippen molar-refractivity contribution in [3.05, 3.63) is 83.2 Å². The molecule has 2 atom stereocenters. The minimum absolute atomic E-state index is 0.0218. The number of ether oxygens (including phenoxy) is 1. The molecule has 0 saturated carbocycles. The topological polar surface area (TPSA) is 83.5 Å². The third-order valence-corrected chi connectivity index (χ3v) is 5.89. The van der Waals surface area contributed by atoms with E-state index >= 15 is 0 Å².